The molecule has 0 unspecified atom stereocenters. The fourth-order valence-corrected chi connectivity index (χ4v) is 2.94. The Hall–Kier alpha value is -2.46. The molecule has 5 rings (SSSR count). The first-order valence-electron chi connectivity index (χ1n) is 8.36. The van der Waals surface area contributed by atoms with E-state index >= 15 is 0 Å². The molecule has 0 aromatic carbocycles. The molecule has 3 N–H and O–H groups in total. The molecule has 10 heteroatoms. The molecule has 3 aromatic rings. The van der Waals surface area contributed by atoms with Gasteiger partial charge in [-0.1, -0.05) is 0 Å². The molecule has 156 valence electrons. The molecule has 3 aromatic heterocycles. The van der Waals surface area contributed by atoms with E-state index in [1.807, 2.05) is 42.5 Å². The van der Waals surface area contributed by atoms with Crippen molar-refractivity contribution in [3.8, 4) is 0 Å². The zero-order valence-electron chi connectivity index (χ0n) is 15.2. The summed E-state index contributed by atoms with van der Waals surface area (Å²) in [5.41, 5.74) is 7.86. The SMILES string of the molecule is C1=Cc2cc3ccc(cc4ccc(cc5nc(cc1n2)C=C5)[nH]4)[nH]3.O=[S-](=O)O.[Co].[Mn]. The molecule has 2 radical (unpaired) electrons. The zero-order chi connectivity index (χ0) is 19.5. The Morgan fingerprint density at radius 2 is 0.933 bits per heavy atom. The summed E-state index contributed by atoms with van der Waals surface area (Å²) in [4.78, 5) is 16.0. The van der Waals surface area contributed by atoms with Gasteiger partial charge >= 0.3 is 0 Å². The number of aromatic nitrogens is 4. The normalized spacial score (nSPS) is 11.3. The fourth-order valence-electron chi connectivity index (χ4n) is 2.94. The van der Waals surface area contributed by atoms with Gasteiger partial charge in [0.25, 0.3) is 0 Å². The van der Waals surface area contributed by atoms with Gasteiger partial charge in [0, 0.05) is 66.9 Å². The molecule has 30 heavy (non-hydrogen) atoms. The van der Waals surface area contributed by atoms with Crippen molar-refractivity contribution in [1.29, 1.82) is 0 Å². The standard InChI is InChI=1S/C20H14N4.Co.Mn.HO3S/c1-2-14-10-16-5-6-18(23-16)12-20-8-7-19(24-20)11-17-4-3-15(22-17)9-13(1)21-14;;;1-4(2)3/h1-12,21-22H;;;(H,1,2,3)/q;;;-1. The topological polar surface area (TPSA) is 112 Å². The van der Waals surface area contributed by atoms with Crippen LogP contribution in [0.25, 0.3) is 46.4 Å². The molecule has 8 bridgehead atoms. The van der Waals surface area contributed by atoms with Crippen LogP contribution in [0.15, 0.2) is 48.5 Å². The number of nitrogens with one attached hydrogen (secondary N) is 2. The van der Waals surface area contributed by atoms with Crippen LogP contribution in [0.4, 0.5) is 0 Å². The van der Waals surface area contributed by atoms with Gasteiger partial charge in [-0.3, -0.25) is 0 Å². The first-order chi connectivity index (χ1) is 13.5. The summed E-state index contributed by atoms with van der Waals surface area (Å²) in [6.45, 7) is 0. The smallest absolute Gasteiger partial charge is 0.0659 e. The van der Waals surface area contributed by atoms with Crippen molar-refractivity contribution in [3.63, 3.8) is 0 Å². The maximum absolute atomic E-state index is 8.56. The largest absolute Gasteiger partial charge is 0.439 e. The third-order valence-corrected chi connectivity index (χ3v) is 4.04. The van der Waals surface area contributed by atoms with E-state index in [1.54, 1.807) is 0 Å². The summed E-state index contributed by atoms with van der Waals surface area (Å²) in [5.74, 6) is 0. The minimum absolute atomic E-state index is 0. The fraction of sp³-hybridized carbons (Fsp3) is 0. The number of H-pyrrole nitrogens is 2. The van der Waals surface area contributed by atoms with Crippen LogP contribution >= 0.6 is 0 Å². The van der Waals surface area contributed by atoms with Crippen LogP contribution in [0, 0.1) is 0 Å². The molecule has 2 aliphatic heterocycles. The molecule has 2 aliphatic rings. The van der Waals surface area contributed by atoms with Gasteiger partial charge < -0.3 is 22.9 Å². The van der Waals surface area contributed by atoms with E-state index in [-0.39, 0.29) is 33.8 Å². The second-order valence-electron chi connectivity index (χ2n) is 6.12. The minimum Gasteiger partial charge on any atom is -0.439 e. The van der Waals surface area contributed by atoms with Gasteiger partial charge in [0.15, 0.2) is 0 Å². The van der Waals surface area contributed by atoms with Gasteiger partial charge in [-0.15, -0.1) is 0 Å². The summed E-state index contributed by atoms with van der Waals surface area (Å²) >= 11 is 0. The quantitative estimate of drug-likeness (QED) is 0.125. The molecule has 7 nitrogen and oxygen atoms in total. The Labute approximate surface area is 194 Å². The van der Waals surface area contributed by atoms with Gasteiger partial charge in [-0.25, -0.2) is 9.97 Å². The molecule has 0 atom stereocenters. The van der Waals surface area contributed by atoms with E-state index in [1.165, 1.54) is 0 Å². The zero-order valence-corrected chi connectivity index (χ0v) is 18.2. The molecule has 0 spiro atoms. The Morgan fingerprint density at radius 1 is 0.633 bits per heavy atom. The molecule has 0 aliphatic carbocycles. The second-order valence-corrected chi connectivity index (χ2v) is 6.56. The van der Waals surface area contributed by atoms with Gasteiger partial charge in [0.1, 0.15) is 0 Å². The third kappa shape index (κ3) is 6.26. The predicted molar refractivity (Wildman–Crippen MR) is 110 cm³/mol. The first-order valence-corrected chi connectivity index (χ1v) is 9.39. The number of hydrogen-bond acceptors (Lipinski definition) is 5. The summed E-state index contributed by atoms with van der Waals surface area (Å²) in [7, 11) is -2.86. The van der Waals surface area contributed by atoms with Crippen LogP contribution < -0.4 is 0 Å². The molecule has 0 fully saturated rings. The van der Waals surface area contributed by atoms with Crippen LogP contribution in [0.3, 0.4) is 0 Å². The van der Waals surface area contributed by atoms with Crippen molar-refractivity contribution in [2.24, 2.45) is 0 Å². The van der Waals surface area contributed by atoms with E-state index in [0.717, 1.165) is 44.8 Å². The third-order valence-electron chi connectivity index (χ3n) is 4.04. The molecular formula is C20H15CoMnN4O3S-. The Bertz CT molecular complexity index is 1250. The number of nitrogens with zero attached hydrogens (tertiary/aromatic N) is 2. The monoisotopic (exact) mass is 505 g/mol. The van der Waals surface area contributed by atoms with Crippen LogP contribution in [-0.4, -0.2) is 24.5 Å². The average molecular weight is 505 g/mol. The van der Waals surface area contributed by atoms with Crippen molar-refractivity contribution in [2.75, 3.05) is 0 Å². The number of hydrogen-bond donors (Lipinski definition) is 3. The Balaban J connectivity index is 0.000000494. The minimum atomic E-state index is -2.86. The van der Waals surface area contributed by atoms with E-state index in [9.17, 15) is 0 Å². The maximum atomic E-state index is 8.56. The molecule has 0 saturated carbocycles. The molecule has 0 amide bonds. The summed E-state index contributed by atoms with van der Waals surface area (Å²) in [6, 6.07) is 16.4. The predicted octanol–water partition coefficient (Wildman–Crippen LogP) is 4.42. The molecule has 5 heterocycles. The van der Waals surface area contributed by atoms with E-state index < -0.39 is 11.0 Å². The van der Waals surface area contributed by atoms with Crippen LogP contribution in [0.1, 0.15) is 22.8 Å². The molecular weight excluding hydrogens is 490 g/mol. The maximum Gasteiger partial charge on any atom is 0.0659 e. The number of fused-ring (bicyclic) bond motifs is 8. The summed E-state index contributed by atoms with van der Waals surface area (Å²) in [6.07, 6.45) is 8.05. The van der Waals surface area contributed by atoms with E-state index in [4.69, 9.17) is 13.0 Å². The number of aromatic amines is 2. The van der Waals surface area contributed by atoms with Gasteiger partial charge in [0.2, 0.25) is 0 Å². The van der Waals surface area contributed by atoms with Crippen molar-refractivity contribution >= 4 is 57.4 Å². The van der Waals surface area contributed by atoms with E-state index in [2.05, 4.69) is 50.3 Å². The van der Waals surface area contributed by atoms with Crippen molar-refractivity contribution in [3.05, 3.63) is 71.3 Å². The van der Waals surface area contributed by atoms with Crippen LogP contribution in [-0.2, 0) is 53.3 Å². The Kier molecular flexibility index (Phi) is 8.36. The van der Waals surface area contributed by atoms with Crippen molar-refractivity contribution in [2.45, 2.75) is 0 Å². The first kappa shape index (κ1) is 23.8. The second kappa shape index (κ2) is 10.5. The van der Waals surface area contributed by atoms with Crippen molar-refractivity contribution in [1.82, 2.24) is 19.9 Å². The van der Waals surface area contributed by atoms with Crippen LogP contribution in [0.2, 0.25) is 0 Å². The average Bonchev–Trinajstić information content (AvgIpc) is 3.39. The van der Waals surface area contributed by atoms with Gasteiger partial charge in [0.05, 0.1) is 22.8 Å². The van der Waals surface area contributed by atoms with Gasteiger partial charge in [-0.05, 0) is 72.8 Å². The number of rotatable bonds is 0. The molecule has 0 saturated heterocycles. The summed E-state index contributed by atoms with van der Waals surface area (Å²) < 4.78 is 24.1. The van der Waals surface area contributed by atoms with Gasteiger partial charge in [-0.2, -0.15) is 0 Å². The summed E-state index contributed by atoms with van der Waals surface area (Å²) in [5, 5.41) is 0. The van der Waals surface area contributed by atoms with Crippen LogP contribution in [0.5, 0.6) is 0 Å². The Morgan fingerprint density at radius 3 is 1.30 bits per heavy atom. The van der Waals surface area contributed by atoms with E-state index in [0.29, 0.717) is 0 Å². The van der Waals surface area contributed by atoms with Crippen molar-refractivity contribution < 1.29 is 46.8 Å².